The molecule has 0 unspecified atom stereocenters. The molecule has 3 rings (SSSR count). The molecule has 1 atom stereocenters. The van der Waals surface area contributed by atoms with Crippen molar-refractivity contribution in [1.82, 2.24) is 10.2 Å². The highest BCUT2D eigenvalue weighted by molar-refractivity contribution is 5.78. The molecule has 5 heteroatoms. The largest absolute Gasteiger partial charge is 0.497 e. The van der Waals surface area contributed by atoms with Crippen molar-refractivity contribution in [2.75, 3.05) is 44.7 Å². The lowest BCUT2D eigenvalue weighted by Gasteiger charge is -2.36. The number of anilines is 1. The maximum atomic E-state index is 12.9. The second-order valence-electron chi connectivity index (χ2n) is 8.99. The van der Waals surface area contributed by atoms with Gasteiger partial charge in [0.1, 0.15) is 5.75 Å². The number of amides is 1. The van der Waals surface area contributed by atoms with Gasteiger partial charge in [-0.05, 0) is 47.2 Å². The number of rotatable bonds is 8. The zero-order valence-corrected chi connectivity index (χ0v) is 19.6. The number of methoxy groups -OCH3 is 1. The van der Waals surface area contributed by atoms with Crippen LogP contribution >= 0.6 is 0 Å². The van der Waals surface area contributed by atoms with Gasteiger partial charge in [-0.15, -0.1) is 0 Å². The number of benzene rings is 2. The molecule has 2 aromatic carbocycles. The maximum absolute atomic E-state index is 12.9. The summed E-state index contributed by atoms with van der Waals surface area (Å²) in [5, 5.41) is 3.52. The van der Waals surface area contributed by atoms with Gasteiger partial charge < -0.3 is 19.9 Å². The summed E-state index contributed by atoms with van der Waals surface area (Å²) in [6, 6.07) is 17.1. The van der Waals surface area contributed by atoms with E-state index < -0.39 is 0 Å². The minimum Gasteiger partial charge on any atom is -0.497 e. The Labute approximate surface area is 187 Å². The fourth-order valence-corrected chi connectivity index (χ4v) is 4.14. The molecule has 168 valence electrons. The van der Waals surface area contributed by atoms with Crippen molar-refractivity contribution < 1.29 is 9.53 Å². The van der Waals surface area contributed by atoms with E-state index in [1.54, 1.807) is 7.11 Å². The lowest BCUT2D eigenvalue weighted by atomic mass is 9.93. The summed E-state index contributed by atoms with van der Waals surface area (Å²) >= 11 is 0. The Balaban J connectivity index is 1.52. The Bertz CT molecular complexity index is 823. The Kier molecular flexibility index (Phi) is 7.97. The number of piperazine rings is 1. The Hall–Kier alpha value is -2.53. The van der Waals surface area contributed by atoms with E-state index in [0.29, 0.717) is 18.4 Å². The van der Waals surface area contributed by atoms with Crippen molar-refractivity contribution >= 4 is 11.6 Å². The first kappa shape index (κ1) is 23.1. The van der Waals surface area contributed by atoms with E-state index in [0.717, 1.165) is 31.9 Å². The van der Waals surface area contributed by atoms with Crippen LogP contribution in [0.5, 0.6) is 5.75 Å². The molecule has 5 nitrogen and oxygen atoms in total. The summed E-state index contributed by atoms with van der Waals surface area (Å²) in [7, 11) is 1.68. The van der Waals surface area contributed by atoms with Gasteiger partial charge in [-0.2, -0.15) is 0 Å². The summed E-state index contributed by atoms with van der Waals surface area (Å²) < 4.78 is 5.24. The molecular formula is C26H37N3O2. The zero-order valence-electron chi connectivity index (χ0n) is 19.6. The lowest BCUT2D eigenvalue weighted by Crippen LogP contribution is -2.51. The van der Waals surface area contributed by atoms with Gasteiger partial charge in [-0.3, -0.25) is 4.79 Å². The molecule has 1 aliphatic rings. The number of carbonyl (C=O) groups is 1. The first-order valence-corrected chi connectivity index (χ1v) is 11.4. The molecule has 1 saturated heterocycles. The molecule has 1 N–H and O–H groups in total. The lowest BCUT2D eigenvalue weighted by molar-refractivity contribution is -0.130. The van der Waals surface area contributed by atoms with Crippen LogP contribution in [-0.4, -0.2) is 50.6 Å². The van der Waals surface area contributed by atoms with Crippen molar-refractivity contribution in [2.24, 2.45) is 5.92 Å². The fourth-order valence-electron chi connectivity index (χ4n) is 4.14. The van der Waals surface area contributed by atoms with Crippen LogP contribution in [0.3, 0.4) is 0 Å². The van der Waals surface area contributed by atoms with Crippen LogP contribution < -0.4 is 15.0 Å². The second-order valence-corrected chi connectivity index (χ2v) is 8.99. The van der Waals surface area contributed by atoms with Crippen molar-refractivity contribution in [3.05, 3.63) is 59.7 Å². The van der Waals surface area contributed by atoms with Gasteiger partial charge in [-0.25, -0.2) is 0 Å². The Morgan fingerprint density at radius 1 is 0.903 bits per heavy atom. The first-order chi connectivity index (χ1) is 14.9. The van der Waals surface area contributed by atoms with Crippen LogP contribution in [0, 0.1) is 5.92 Å². The highest BCUT2D eigenvalue weighted by Crippen LogP contribution is 2.24. The molecule has 31 heavy (non-hydrogen) atoms. The van der Waals surface area contributed by atoms with E-state index >= 15 is 0 Å². The van der Waals surface area contributed by atoms with Crippen molar-refractivity contribution in [1.29, 1.82) is 0 Å². The molecular weight excluding hydrogens is 386 g/mol. The summed E-state index contributed by atoms with van der Waals surface area (Å²) in [6.45, 7) is 12.4. The van der Waals surface area contributed by atoms with Gasteiger partial charge in [0.25, 0.3) is 0 Å². The third-order valence-corrected chi connectivity index (χ3v) is 6.17. The van der Waals surface area contributed by atoms with E-state index in [1.165, 1.54) is 16.8 Å². The Morgan fingerprint density at radius 2 is 1.48 bits per heavy atom. The average Bonchev–Trinajstić information content (AvgIpc) is 2.79. The molecule has 1 heterocycles. The third kappa shape index (κ3) is 6.01. The number of nitrogens with one attached hydrogen (secondary N) is 1. The molecule has 2 aromatic rings. The van der Waals surface area contributed by atoms with Crippen LogP contribution in [0.25, 0.3) is 0 Å². The van der Waals surface area contributed by atoms with Crippen LogP contribution in [0.4, 0.5) is 5.69 Å². The average molecular weight is 424 g/mol. The predicted molar refractivity (Wildman–Crippen MR) is 128 cm³/mol. The zero-order chi connectivity index (χ0) is 22.4. The molecule has 0 spiro atoms. The highest BCUT2D eigenvalue weighted by atomic mass is 16.5. The second kappa shape index (κ2) is 10.7. The van der Waals surface area contributed by atoms with Crippen molar-refractivity contribution in [3.63, 3.8) is 0 Å². The summed E-state index contributed by atoms with van der Waals surface area (Å²) in [4.78, 5) is 17.2. The third-order valence-electron chi connectivity index (χ3n) is 6.17. The summed E-state index contributed by atoms with van der Waals surface area (Å²) in [5.74, 6) is 1.98. The summed E-state index contributed by atoms with van der Waals surface area (Å²) in [5.41, 5.74) is 3.77. The van der Waals surface area contributed by atoms with E-state index in [1.807, 2.05) is 17.0 Å². The molecule has 1 aliphatic heterocycles. The SMILES string of the molecule is COc1ccc(N2CCN(C(=O)CN[C@@H](c3ccc(C(C)C)cc3)C(C)C)CC2)cc1. The number of carbonyl (C=O) groups excluding carboxylic acids is 1. The van der Waals surface area contributed by atoms with Crippen LogP contribution in [0.1, 0.15) is 50.8 Å². The van der Waals surface area contributed by atoms with Crippen molar-refractivity contribution in [2.45, 2.75) is 39.7 Å². The van der Waals surface area contributed by atoms with E-state index in [-0.39, 0.29) is 11.9 Å². The minimum absolute atomic E-state index is 0.172. The fraction of sp³-hybridized carbons (Fsp3) is 0.500. The topological polar surface area (TPSA) is 44.8 Å². The quantitative estimate of drug-likeness (QED) is 0.681. The maximum Gasteiger partial charge on any atom is 0.236 e. The van der Waals surface area contributed by atoms with Crippen LogP contribution in [0.2, 0.25) is 0 Å². The smallest absolute Gasteiger partial charge is 0.236 e. The normalized spacial score (nSPS) is 15.5. The molecule has 0 saturated carbocycles. The molecule has 0 bridgehead atoms. The molecule has 1 amide bonds. The monoisotopic (exact) mass is 423 g/mol. The molecule has 0 aliphatic carbocycles. The van der Waals surface area contributed by atoms with Gasteiger partial charge in [0.2, 0.25) is 5.91 Å². The highest BCUT2D eigenvalue weighted by Gasteiger charge is 2.23. The van der Waals surface area contributed by atoms with Gasteiger partial charge in [0.05, 0.1) is 13.7 Å². The van der Waals surface area contributed by atoms with Gasteiger partial charge in [-0.1, -0.05) is 52.0 Å². The van der Waals surface area contributed by atoms with E-state index in [4.69, 9.17) is 4.74 Å². The molecule has 0 radical (unpaired) electrons. The van der Waals surface area contributed by atoms with Crippen LogP contribution in [-0.2, 0) is 4.79 Å². The van der Waals surface area contributed by atoms with E-state index in [9.17, 15) is 4.79 Å². The number of ether oxygens (including phenoxy) is 1. The standard InChI is InChI=1S/C26H37N3O2/c1-19(2)21-6-8-22(9-7-21)26(20(3)4)27-18-25(30)29-16-14-28(15-17-29)23-10-12-24(31-5)13-11-23/h6-13,19-20,26-27H,14-18H2,1-5H3/t26-/m1/s1. The van der Waals surface area contributed by atoms with Gasteiger partial charge >= 0.3 is 0 Å². The molecule has 0 aromatic heterocycles. The van der Waals surface area contributed by atoms with Crippen LogP contribution in [0.15, 0.2) is 48.5 Å². The Morgan fingerprint density at radius 3 is 2.00 bits per heavy atom. The van der Waals surface area contributed by atoms with E-state index in [2.05, 4.69) is 74.3 Å². The molecule has 1 fully saturated rings. The minimum atomic E-state index is 0.172. The number of hydrogen-bond acceptors (Lipinski definition) is 4. The van der Waals surface area contributed by atoms with Gasteiger partial charge in [0.15, 0.2) is 0 Å². The predicted octanol–water partition coefficient (Wildman–Crippen LogP) is 4.45. The van der Waals surface area contributed by atoms with Crippen molar-refractivity contribution in [3.8, 4) is 5.75 Å². The summed E-state index contributed by atoms with van der Waals surface area (Å²) in [6.07, 6.45) is 0. The first-order valence-electron chi connectivity index (χ1n) is 11.4. The van der Waals surface area contributed by atoms with Gasteiger partial charge in [0, 0.05) is 37.9 Å². The number of nitrogens with zero attached hydrogens (tertiary/aromatic N) is 2. The number of hydrogen-bond donors (Lipinski definition) is 1.